The number of carbonyl (C=O) groups excluding carboxylic acids is 1. The zero-order valence-corrected chi connectivity index (χ0v) is 12.2. The molecule has 0 unspecified atom stereocenters. The van der Waals surface area contributed by atoms with E-state index in [1.807, 2.05) is 12.1 Å². The van der Waals surface area contributed by atoms with Crippen LogP contribution < -0.4 is 10.1 Å². The summed E-state index contributed by atoms with van der Waals surface area (Å²) in [6.07, 6.45) is 0. The molecule has 2 rings (SSSR count). The SMILES string of the molecule is CC#CC(=O)NCc1ccc(OCc2ccccc2F)cc1. The molecule has 0 aliphatic heterocycles. The van der Waals surface area contributed by atoms with Crippen molar-refractivity contribution in [3.05, 3.63) is 65.5 Å². The zero-order chi connectivity index (χ0) is 15.8. The molecular formula is C18H16FNO2. The summed E-state index contributed by atoms with van der Waals surface area (Å²) >= 11 is 0. The summed E-state index contributed by atoms with van der Waals surface area (Å²) < 4.78 is 19.0. The molecule has 1 amide bonds. The van der Waals surface area contributed by atoms with Crippen molar-refractivity contribution in [3.8, 4) is 17.6 Å². The van der Waals surface area contributed by atoms with Crippen LogP contribution >= 0.6 is 0 Å². The first kappa shape index (κ1) is 15.6. The quantitative estimate of drug-likeness (QED) is 0.861. The lowest BCUT2D eigenvalue weighted by Gasteiger charge is -2.08. The van der Waals surface area contributed by atoms with Crippen LogP contribution in [0.5, 0.6) is 5.75 Å². The average molecular weight is 297 g/mol. The van der Waals surface area contributed by atoms with Crippen LogP contribution in [0.15, 0.2) is 48.5 Å². The van der Waals surface area contributed by atoms with Crippen LogP contribution in [0.2, 0.25) is 0 Å². The third-order valence-electron chi connectivity index (χ3n) is 2.97. The molecule has 112 valence electrons. The predicted octanol–water partition coefficient (Wildman–Crippen LogP) is 3.04. The molecule has 0 spiro atoms. The van der Waals surface area contributed by atoms with E-state index in [4.69, 9.17) is 4.74 Å². The molecule has 2 aromatic carbocycles. The van der Waals surface area contributed by atoms with Crippen LogP contribution in [0.25, 0.3) is 0 Å². The molecule has 4 heteroatoms. The number of hydrogen-bond acceptors (Lipinski definition) is 2. The molecule has 0 atom stereocenters. The lowest BCUT2D eigenvalue weighted by molar-refractivity contribution is -0.115. The highest BCUT2D eigenvalue weighted by molar-refractivity contribution is 5.93. The highest BCUT2D eigenvalue weighted by Crippen LogP contribution is 2.15. The van der Waals surface area contributed by atoms with Crippen molar-refractivity contribution < 1.29 is 13.9 Å². The molecule has 22 heavy (non-hydrogen) atoms. The van der Waals surface area contributed by atoms with E-state index < -0.39 is 0 Å². The number of nitrogens with one attached hydrogen (secondary N) is 1. The minimum absolute atomic E-state index is 0.175. The Morgan fingerprint density at radius 1 is 1.18 bits per heavy atom. The van der Waals surface area contributed by atoms with Gasteiger partial charge in [0.15, 0.2) is 0 Å². The van der Waals surface area contributed by atoms with Gasteiger partial charge in [-0.25, -0.2) is 4.39 Å². The van der Waals surface area contributed by atoms with Crippen molar-refractivity contribution in [3.63, 3.8) is 0 Å². The van der Waals surface area contributed by atoms with Crippen LogP contribution in [0.3, 0.4) is 0 Å². The second-order valence-corrected chi connectivity index (χ2v) is 4.58. The Morgan fingerprint density at radius 3 is 2.59 bits per heavy atom. The first-order valence-electron chi connectivity index (χ1n) is 6.85. The van der Waals surface area contributed by atoms with Gasteiger partial charge in [0.25, 0.3) is 5.91 Å². The van der Waals surface area contributed by atoms with Crippen molar-refractivity contribution >= 4 is 5.91 Å². The van der Waals surface area contributed by atoms with Crippen molar-refractivity contribution in [1.29, 1.82) is 0 Å². The van der Waals surface area contributed by atoms with Crippen molar-refractivity contribution in [1.82, 2.24) is 5.32 Å². The first-order chi connectivity index (χ1) is 10.7. The van der Waals surface area contributed by atoms with E-state index in [-0.39, 0.29) is 18.3 Å². The van der Waals surface area contributed by atoms with Crippen LogP contribution in [0.4, 0.5) is 4.39 Å². The molecule has 0 aromatic heterocycles. The standard InChI is InChI=1S/C18H16FNO2/c1-2-5-18(21)20-12-14-8-10-16(11-9-14)22-13-15-6-3-4-7-17(15)19/h3-4,6-11H,12-13H2,1H3,(H,20,21). The summed E-state index contributed by atoms with van der Waals surface area (Å²) in [5.74, 6) is 5.01. The molecule has 3 nitrogen and oxygen atoms in total. The van der Waals surface area contributed by atoms with Crippen LogP contribution in [0.1, 0.15) is 18.1 Å². The Kier molecular flexibility index (Phi) is 5.56. The highest BCUT2D eigenvalue weighted by Gasteiger charge is 2.02. The third kappa shape index (κ3) is 4.64. The summed E-state index contributed by atoms with van der Waals surface area (Å²) in [7, 11) is 0. The van der Waals surface area contributed by atoms with Gasteiger partial charge in [-0.05, 0) is 36.6 Å². The fourth-order valence-electron chi connectivity index (χ4n) is 1.82. The molecular weight excluding hydrogens is 281 g/mol. The van der Waals surface area contributed by atoms with E-state index in [1.54, 1.807) is 37.3 Å². The van der Waals surface area contributed by atoms with Gasteiger partial charge in [0.05, 0.1) is 0 Å². The van der Waals surface area contributed by atoms with Crippen LogP contribution in [0, 0.1) is 17.7 Å². The van der Waals surface area contributed by atoms with Crippen molar-refractivity contribution in [2.24, 2.45) is 0 Å². The lowest BCUT2D eigenvalue weighted by Crippen LogP contribution is -2.20. The molecule has 0 bridgehead atoms. The number of rotatable bonds is 5. The minimum atomic E-state index is -0.303. The van der Waals surface area contributed by atoms with Gasteiger partial charge in [-0.2, -0.15) is 0 Å². The molecule has 0 fully saturated rings. The monoisotopic (exact) mass is 297 g/mol. The molecule has 0 radical (unpaired) electrons. The molecule has 0 aliphatic rings. The second-order valence-electron chi connectivity index (χ2n) is 4.58. The summed E-state index contributed by atoms with van der Waals surface area (Å²) in [4.78, 5) is 11.2. The maximum atomic E-state index is 13.5. The number of hydrogen-bond donors (Lipinski definition) is 1. The van der Waals surface area contributed by atoms with E-state index in [9.17, 15) is 9.18 Å². The molecule has 0 saturated carbocycles. The smallest absolute Gasteiger partial charge is 0.296 e. The zero-order valence-electron chi connectivity index (χ0n) is 12.2. The Bertz CT molecular complexity index is 699. The Labute approximate surface area is 129 Å². The second kappa shape index (κ2) is 7.84. The van der Waals surface area contributed by atoms with Gasteiger partial charge >= 0.3 is 0 Å². The predicted molar refractivity (Wildman–Crippen MR) is 82.5 cm³/mol. The fraction of sp³-hybridized carbons (Fsp3) is 0.167. The Balaban J connectivity index is 1.87. The first-order valence-corrected chi connectivity index (χ1v) is 6.85. The highest BCUT2D eigenvalue weighted by atomic mass is 19.1. The van der Waals surface area contributed by atoms with Gasteiger partial charge in [0.2, 0.25) is 0 Å². The topological polar surface area (TPSA) is 38.3 Å². The van der Waals surface area contributed by atoms with E-state index in [1.165, 1.54) is 6.07 Å². The Morgan fingerprint density at radius 2 is 1.91 bits per heavy atom. The van der Waals surface area contributed by atoms with Gasteiger partial charge in [0.1, 0.15) is 18.2 Å². The molecule has 1 N–H and O–H groups in total. The number of ether oxygens (including phenoxy) is 1. The summed E-state index contributed by atoms with van der Waals surface area (Å²) in [5, 5.41) is 2.68. The maximum Gasteiger partial charge on any atom is 0.296 e. The molecule has 2 aromatic rings. The van der Waals surface area contributed by atoms with E-state index in [0.717, 1.165) is 5.56 Å². The van der Waals surface area contributed by atoms with E-state index in [2.05, 4.69) is 17.2 Å². The van der Waals surface area contributed by atoms with Crippen molar-refractivity contribution in [2.75, 3.05) is 0 Å². The minimum Gasteiger partial charge on any atom is -0.489 e. The normalized spacial score (nSPS) is 9.55. The third-order valence-corrected chi connectivity index (χ3v) is 2.97. The summed E-state index contributed by atoms with van der Waals surface area (Å²) in [6, 6.07) is 13.8. The van der Waals surface area contributed by atoms with Crippen molar-refractivity contribution in [2.45, 2.75) is 20.1 Å². The fourth-order valence-corrected chi connectivity index (χ4v) is 1.82. The average Bonchev–Trinajstić information content (AvgIpc) is 2.53. The number of benzene rings is 2. The van der Waals surface area contributed by atoms with Crippen LogP contribution in [-0.4, -0.2) is 5.91 Å². The molecule has 0 heterocycles. The number of amides is 1. The molecule has 0 saturated heterocycles. The van der Waals surface area contributed by atoms with E-state index in [0.29, 0.717) is 17.9 Å². The largest absolute Gasteiger partial charge is 0.489 e. The summed E-state index contributed by atoms with van der Waals surface area (Å²) in [5.41, 5.74) is 1.45. The van der Waals surface area contributed by atoms with E-state index >= 15 is 0 Å². The van der Waals surface area contributed by atoms with Crippen LogP contribution in [-0.2, 0) is 17.9 Å². The van der Waals surface area contributed by atoms with Gasteiger partial charge in [-0.1, -0.05) is 36.3 Å². The summed E-state index contributed by atoms with van der Waals surface area (Å²) in [6.45, 7) is 2.19. The number of halogens is 1. The van der Waals surface area contributed by atoms with Gasteiger partial charge < -0.3 is 10.1 Å². The van der Waals surface area contributed by atoms with Gasteiger partial charge in [-0.15, -0.1) is 0 Å². The lowest BCUT2D eigenvalue weighted by atomic mass is 10.2. The maximum absolute atomic E-state index is 13.5. The molecule has 0 aliphatic carbocycles. The Hall–Kier alpha value is -2.80. The van der Waals surface area contributed by atoms with Gasteiger partial charge in [0, 0.05) is 12.1 Å². The number of carbonyl (C=O) groups is 1. The van der Waals surface area contributed by atoms with Gasteiger partial charge in [-0.3, -0.25) is 4.79 Å².